The van der Waals surface area contributed by atoms with E-state index < -0.39 is 7.12 Å². The molecule has 0 bridgehead atoms. The molecule has 0 unspecified atom stereocenters. The van der Waals surface area contributed by atoms with Crippen LogP contribution in [0.3, 0.4) is 0 Å². The number of hydrogen-bond donors (Lipinski definition) is 6. The second-order valence-corrected chi connectivity index (χ2v) is 35.9. The maximum atomic E-state index is 13.4. The minimum absolute atomic E-state index is 0.0314. The lowest BCUT2D eigenvalue weighted by atomic mass is 9.74. The number of para-hydroxylation sites is 8. The summed E-state index contributed by atoms with van der Waals surface area (Å²) < 4.78 is 1.97. The summed E-state index contributed by atoms with van der Waals surface area (Å²) in [4.78, 5) is 29.2. The number of halogens is 2. The first kappa shape index (κ1) is 86.2. The number of nitriles is 2. The number of benzene rings is 15. The Morgan fingerprint density at radius 1 is 0.304 bits per heavy atom. The maximum absolute atomic E-state index is 13.4. The highest BCUT2D eigenvalue weighted by Gasteiger charge is 2.37. The van der Waals surface area contributed by atoms with Crippen molar-refractivity contribution in [1.82, 2.24) is 0 Å². The monoisotopic (exact) mass is 1760 g/mol. The normalized spacial score (nSPS) is 13.6. The summed E-state index contributed by atoms with van der Waals surface area (Å²) in [6, 6.07) is 110. The summed E-state index contributed by atoms with van der Waals surface area (Å²) in [7, 11) is -1.46. The summed E-state index contributed by atoms with van der Waals surface area (Å²) in [6.07, 6.45) is 0. The Kier molecular flexibility index (Phi) is 24.6. The zero-order valence-electron chi connectivity index (χ0n) is 71.9. The Labute approximate surface area is 750 Å². The molecule has 0 saturated heterocycles. The van der Waals surface area contributed by atoms with Crippen LogP contribution in [-0.4, -0.2) is 28.7 Å². The van der Waals surface area contributed by atoms with Crippen molar-refractivity contribution >= 4 is 107 Å². The summed E-state index contributed by atoms with van der Waals surface area (Å²) >= 11 is 6.98. The Morgan fingerprint density at radius 3 is 0.768 bits per heavy atom. The van der Waals surface area contributed by atoms with Gasteiger partial charge in [0.15, 0.2) is 17.3 Å². The average molecular weight is 1760 g/mol. The largest absolute Gasteiger partial charge is 0.488 e. The van der Waals surface area contributed by atoms with Gasteiger partial charge in [0, 0.05) is 98.4 Å². The van der Waals surface area contributed by atoms with E-state index in [0.717, 1.165) is 86.8 Å². The van der Waals surface area contributed by atoms with Crippen LogP contribution in [0.4, 0.5) is 51.2 Å². The number of nitrogens with one attached hydrogen (secondary N) is 4. The van der Waals surface area contributed by atoms with Gasteiger partial charge < -0.3 is 31.3 Å². The van der Waals surface area contributed by atoms with Gasteiger partial charge in [0.25, 0.3) is 0 Å². The van der Waals surface area contributed by atoms with Gasteiger partial charge in [0.1, 0.15) is 0 Å². The lowest BCUT2D eigenvalue weighted by Gasteiger charge is -2.35. The van der Waals surface area contributed by atoms with Gasteiger partial charge in [-0.05, 0) is 254 Å². The van der Waals surface area contributed by atoms with Gasteiger partial charge in [0.2, 0.25) is 0 Å². The van der Waals surface area contributed by atoms with E-state index in [2.05, 4.69) is 352 Å². The second-order valence-electron chi connectivity index (χ2n) is 34.2. The lowest BCUT2D eigenvalue weighted by molar-refractivity contribution is 0.103. The fourth-order valence-corrected chi connectivity index (χ4v) is 18.4. The van der Waals surface area contributed by atoms with Crippen molar-refractivity contribution in [2.45, 2.75) is 105 Å². The van der Waals surface area contributed by atoms with Crippen molar-refractivity contribution in [2.24, 2.45) is 0 Å². The SMILES string of the molecule is CC1(C)c2ccccc2Nc2ccccc21.CC1(C)c2ccccc2Nc2ccccc21.CC1(C)c2ccccc2Nc2ccccc21.CC1(C)c2ccccc2Nc2ccccc21.Cc1cc2c(cc1Br)C(=O)c1cc(Br)c(C)cc1-2.N#Cc1ccc(B(O)O)cc1.[C-]#[N+]c1ccc(-c2cc3c(cc2C)-c2cc(C)c(-c4ccc(C#N)cc4)cc2C3=O)cc1. The Morgan fingerprint density at radius 2 is 0.528 bits per heavy atom. The summed E-state index contributed by atoms with van der Waals surface area (Å²) in [5.41, 5.74) is 38.7. The third kappa shape index (κ3) is 17.2. The van der Waals surface area contributed by atoms with Crippen molar-refractivity contribution in [3.8, 4) is 56.6 Å². The molecule has 15 aromatic rings. The topological polar surface area (TPSA) is 175 Å². The van der Waals surface area contributed by atoms with E-state index >= 15 is 0 Å². The van der Waals surface area contributed by atoms with Crippen LogP contribution in [0.25, 0.3) is 49.4 Å². The van der Waals surface area contributed by atoms with E-state index in [1.54, 1.807) is 24.3 Å². The summed E-state index contributed by atoms with van der Waals surface area (Å²) in [6.45, 7) is 33.6. The number of nitrogens with zero attached hydrogens (tertiary/aromatic N) is 3. The predicted octanol–water partition coefficient (Wildman–Crippen LogP) is 27.8. The van der Waals surface area contributed by atoms with E-state index in [4.69, 9.17) is 27.1 Å². The smallest absolute Gasteiger partial charge is 0.423 e. The highest BCUT2D eigenvalue weighted by Crippen LogP contribution is 2.51. The molecule has 14 heteroatoms. The number of carbonyl (C=O) groups is 2. The number of rotatable bonds is 3. The molecule has 15 aromatic carbocycles. The van der Waals surface area contributed by atoms with Crippen molar-refractivity contribution in [3.63, 3.8) is 0 Å². The first-order chi connectivity index (χ1) is 60.0. The van der Waals surface area contributed by atoms with Crippen LogP contribution in [0.2, 0.25) is 0 Å². The number of fused-ring (bicyclic) bond motifs is 14. The molecule has 0 fully saturated rings. The zero-order valence-corrected chi connectivity index (χ0v) is 75.1. The molecule has 21 rings (SSSR count). The molecule has 6 N–H and O–H groups in total. The molecule has 6 aliphatic rings. The molecule has 614 valence electrons. The fraction of sp³-hybridized carbons (Fsp3) is 0.144. The highest BCUT2D eigenvalue weighted by atomic mass is 79.9. The first-order valence-electron chi connectivity index (χ1n) is 41.7. The lowest BCUT2D eigenvalue weighted by Crippen LogP contribution is -2.29. The number of carbonyl (C=O) groups excluding carboxylic acids is 2. The molecule has 0 spiro atoms. The molecule has 11 nitrogen and oxygen atoms in total. The van der Waals surface area contributed by atoms with E-state index in [0.29, 0.717) is 33.4 Å². The standard InChI is InChI=1S/C29H18N2O.C15H10Br2O.4C15H15N.C7H6BNO2/c1-17-12-25-26-13-18(2)24(21-8-10-22(31-3)11-9-21)15-28(26)29(32)27(25)14-23(17)20-6-4-19(16-30)5-7-20;1-7-3-9-10-4-8(2)14(17)6-12(10)15(18)11(9)5-13(7)16;4*1-15(2)11-7-3-5-9-13(11)16-14-10-6-4-8-12(14)15;9-5-6-1-3-7(4-2-6)8(10)11/h4-15H,1-2H3;3-6H,1-2H3;4*3-10,16H,1-2H3;1-4,10-11H. The van der Waals surface area contributed by atoms with Crippen LogP contribution < -0.4 is 26.7 Å². The van der Waals surface area contributed by atoms with Crippen molar-refractivity contribution in [2.75, 3.05) is 21.3 Å². The van der Waals surface area contributed by atoms with Crippen LogP contribution >= 0.6 is 31.9 Å². The molecule has 0 radical (unpaired) electrons. The minimum atomic E-state index is -1.46. The van der Waals surface area contributed by atoms with Gasteiger partial charge in [-0.3, -0.25) is 9.59 Å². The minimum Gasteiger partial charge on any atom is -0.423 e. The maximum Gasteiger partial charge on any atom is 0.488 e. The molecule has 4 aliphatic heterocycles. The van der Waals surface area contributed by atoms with Gasteiger partial charge in [-0.15, -0.1) is 0 Å². The van der Waals surface area contributed by atoms with Crippen LogP contribution in [-0.2, 0) is 21.7 Å². The number of anilines is 8. The predicted molar refractivity (Wildman–Crippen MR) is 521 cm³/mol. The molecule has 4 heterocycles. The zero-order chi connectivity index (χ0) is 88.4. The van der Waals surface area contributed by atoms with Crippen molar-refractivity contribution in [1.29, 1.82) is 10.5 Å². The van der Waals surface area contributed by atoms with Crippen LogP contribution in [0.15, 0.2) is 324 Å². The number of ketones is 2. The fourth-order valence-electron chi connectivity index (χ4n) is 17.8. The Hall–Kier alpha value is -13.7. The van der Waals surface area contributed by atoms with Gasteiger partial charge in [-0.1, -0.05) is 294 Å². The molecule has 2 aliphatic carbocycles. The molecular weight excluding hydrogens is 1670 g/mol. The number of hydrogen-bond acceptors (Lipinski definition) is 10. The first-order valence-corrected chi connectivity index (χ1v) is 43.3. The van der Waals surface area contributed by atoms with Crippen LogP contribution in [0, 0.1) is 56.9 Å². The van der Waals surface area contributed by atoms with E-state index in [1.165, 1.54) is 114 Å². The summed E-state index contributed by atoms with van der Waals surface area (Å²) in [5, 5.41) is 48.8. The average Bonchev–Trinajstić information content (AvgIpc) is 1.65. The Balaban J connectivity index is 0.000000116. The molecule has 0 amide bonds. The summed E-state index contributed by atoms with van der Waals surface area (Å²) in [5.74, 6) is 0.144. The molecule has 0 saturated carbocycles. The van der Waals surface area contributed by atoms with Crippen molar-refractivity contribution < 1.29 is 19.6 Å². The van der Waals surface area contributed by atoms with E-state index in [-0.39, 0.29) is 33.2 Å². The Bertz CT molecular complexity index is 6100. The van der Waals surface area contributed by atoms with Crippen molar-refractivity contribution in [3.05, 3.63) is 436 Å². The second kappa shape index (κ2) is 35.6. The van der Waals surface area contributed by atoms with Gasteiger partial charge >= 0.3 is 7.12 Å². The molecular formula is C111H94BBr2N7O4. The van der Waals surface area contributed by atoms with Gasteiger partial charge in [0.05, 0.1) is 29.8 Å². The van der Waals surface area contributed by atoms with Gasteiger partial charge in [-0.25, -0.2) is 4.85 Å². The van der Waals surface area contributed by atoms with E-state index in [9.17, 15) is 9.59 Å². The van der Waals surface area contributed by atoms with E-state index in [1.807, 2.05) is 68.4 Å². The number of aryl methyl sites for hydroxylation is 4. The third-order valence-electron chi connectivity index (χ3n) is 24.7. The quantitative estimate of drug-likeness (QED) is 0.0738. The molecule has 0 aromatic heterocycles. The highest BCUT2D eigenvalue weighted by molar-refractivity contribution is 9.10. The third-order valence-corrected chi connectivity index (χ3v) is 26.4. The molecule has 0 atom stereocenters. The van der Waals surface area contributed by atoms with Crippen LogP contribution in [0.1, 0.15) is 165 Å². The molecule has 125 heavy (non-hydrogen) atoms. The van der Waals surface area contributed by atoms with Gasteiger partial charge in [-0.2, -0.15) is 10.5 Å². The van der Waals surface area contributed by atoms with Crippen LogP contribution in [0.5, 0.6) is 0 Å².